The first kappa shape index (κ1) is 27.2. The summed E-state index contributed by atoms with van der Waals surface area (Å²) in [6, 6.07) is 22.4. The molecule has 202 valence electrons. The Kier molecular flexibility index (Phi) is 7.67. The van der Waals surface area contributed by atoms with E-state index in [0.29, 0.717) is 0 Å². The first-order chi connectivity index (χ1) is 18.8. The Balaban J connectivity index is 1.47. The number of rotatable bonds is 9. The van der Waals surface area contributed by atoms with Crippen molar-refractivity contribution < 1.29 is 4.58 Å². The van der Waals surface area contributed by atoms with Crippen molar-refractivity contribution in [3.05, 3.63) is 108 Å². The minimum absolute atomic E-state index is 0.000233. The fraction of sp³-hybridized carbons (Fsp3) is 0.378. The molecule has 3 aromatic carbocycles. The van der Waals surface area contributed by atoms with E-state index in [1.807, 2.05) is 0 Å². The van der Waals surface area contributed by atoms with Gasteiger partial charge in [0.1, 0.15) is 6.54 Å². The summed E-state index contributed by atoms with van der Waals surface area (Å²) in [5.41, 5.74) is 8.34. The predicted octanol–water partition coefficient (Wildman–Crippen LogP) is 9.61. The van der Waals surface area contributed by atoms with Crippen molar-refractivity contribution in [1.29, 1.82) is 0 Å². The van der Waals surface area contributed by atoms with Gasteiger partial charge in [0, 0.05) is 47.5 Å². The fourth-order valence-corrected chi connectivity index (χ4v) is 6.65. The molecule has 0 radical (unpaired) electrons. The molecule has 2 heterocycles. The van der Waals surface area contributed by atoms with E-state index in [1.165, 1.54) is 70.4 Å². The Bertz CT molecular complexity index is 1480. The lowest BCUT2D eigenvalue weighted by molar-refractivity contribution is -0.438. The first-order valence-electron chi connectivity index (χ1n) is 14.9. The molecule has 2 aliphatic rings. The summed E-state index contributed by atoms with van der Waals surface area (Å²) in [6.07, 6.45) is 16.2. The summed E-state index contributed by atoms with van der Waals surface area (Å²) in [5.74, 6) is 0. The highest BCUT2D eigenvalue weighted by Crippen LogP contribution is 2.48. The second kappa shape index (κ2) is 11.0. The number of allylic oxidation sites excluding steroid dienone is 6. The molecule has 0 spiro atoms. The molecule has 0 N–H and O–H groups in total. The normalized spacial score (nSPS) is 18.7. The van der Waals surface area contributed by atoms with Gasteiger partial charge in [-0.2, -0.15) is 4.58 Å². The van der Waals surface area contributed by atoms with Crippen LogP contribution in [0.1, 0.15) is 78.4 Å². The minimum atomic E-state index is -0.0568. The molecule has 0 atom stereocenters. The molecular formula is C37H45N2+. The number of para-hydroxylation sites is 1. The molecule has 5 rings (SSSR count). The van der Waals surface area contributed by atoms with Crippen molar-refractivity contribution in [3.63, 3.8) is 0 Å². The van der Waals surface area contributed by atoms with Crippen molar-refractivity contribution in [3.8, 4) is 0 Å². The highest BCUT2D eigenvalue weighted by Gasteiger charge is 2.45. The molecule has 3 aromatic rings. The summed E-state index contributed by atoms with van der Waals surface area (Å²) in [5, 5.41) is 2.70. The Hall–Kier alpha value is -3.39. The van der Waals surface area contributed by atoms with Gasteiger partial charge in [0.2, 0.25) is 5.69 Å². The van der Waals surface area contributed by atoms with E-state index in [4.69, 9.17) is 0 Å². The maximum Gasteiger partial charge on any atom is 0.210 e. The van der Waals surface area contributed by atoms with Gasteiger partial charge in [0.25, 0.3) is 0 Å². The monoisotopic (exact) mass is 517 g/mol. The summed E-state index contributed by atoms with van der Waals surface area (Å²) in [4.78, 5) is 2.54. The number of nitrogens with zero attached hydrogens (tertiary/aromatic N) is 2. The standard InChI is InChI=1S/C37H45N2/c1-7-9-26-38-31-21-17-16-20-30(31)36(3,4)33(38)22-12-11-13-23-34-37(5,6)35-29-19-15-14-18-28(29)24-25-32(35)39(34)27-10-8-2/h11-25H,7-10,26-27H2,1-6H3/q+1. The number of fused-ring (bicyclic) bond motifs is 4. The first-order valence-corrected chi connectivity index (χ1v) is 14.9. The van der Waals surface area contributed by atoms with Gasteiger partial charge in [-0.3, -0.25) is 0 Å². The highest BCUT2D eigenvalue weighted by molar-refractivity contribution is 6.07. The van der Waals surface area contributed by atoms with Gasteiger partial charge in [-0.1, -0.05) is 101 Å². The Morgan fingerprint density at radius 2 is 1.51 bits per heavy atom. The maximum atomic E-state index is 2.57. The highest BCUT2D eigenvalue weighted by atomic mass is 15.2. The van der Waals surface area contributed by atoms with Gasteiger partial charge in [0.15, 0.2) is 5.71 Å². The summed E-state index contributed by atoms with van der Waals surface area (Å²) in [6.45, 7) is 16.2. The third-order valence-corrected chi connectivity index (χ3v) is 8.75. The molecule has 0 fully saturated rings. The van der Waals surface area contributed by atoms with Crippen LogP contribution < -0.4 is 4.90 Å². The quantitative estimate of drug-likeness (QED) is 0.202. The zero-order valence-electron chi connectivity index (χ0n) is 24.8. The van der Waals surface area contributed by atoms with Crippen LogP contribution in [0.3, 0.4) is 0 Å². The summed E-state index contributed by atoms with van der Waals surface area (Å²) >= 11 is 0. The lowest BCUT2D eigenvalue weighted by Crippen LogP contribution is -2.28. The second-order valence-electron chi connectivity index (χ2n) is 12.1. The van der Waals surface area contributed by atoms with Gasteiger partial charge < -0.3 is 4.90 Å². The number of unbranched alkanes of at least 4 members (excludes halogenated alkanes) is 2. The average molecular weight is 518 g/mol. The molecule has 2 nitrogen and oxygen atoms in total. The van der Waals surface area contributed by atoms with E-state index in [0.717, 1.165) is 13.1 Å². The number of benzene rings is 3. The molecule has 39 heavy (non-hydrogen) atoms. The van der Waals surface area contributed by atoms with E-state index >= 15 is 0 Å². The van der Waals surface area contributed by atoms with Crippen LogP contribution in [0, 0.1) is 0 Å². The van der Waals surface area contributed by atoms with E-state index in [2.05, 4.69) is 142 Å². The molecule has 0 amide bonds. The van der Waals surface area contributed by atoms with Gasteiger partial charge >= 0.3 is 0 Å². The summed E-state index contributed by atoms with van der Waals surface area (Å²) < 4.78 is 2.57. The van der Waals surface area contributed by atoms with E-state index < -0.39 is 0 Å². The lowest BCUT2D eigenvalue weighted by Gasteiger charge is -2.27. The Morgan fingerprint density at radius 1 is 0.769 bits per heavy atom. The van der Waals surface area contributed by atoms with E-state index in [-0.39, 0.29) is 10.8 Å². The molecule has 2 aliphatic heterocycles. The zero-order chi connectivity index (χ0) is 27.6. The zero-order valence-corrected chi connectivity index (χ0v) is 24.8. The second-order valence-corrected chi connectivity index (χ2v) is 12.1. The molecule has 0 aliphatic carbocycles. The number of hydrogen-bond donors (Lipinski definition) is 0. The fourth-order valence-electron chi connectivity index (χ4n) is 6.65. The van der Waals surface area contributed by atoms with Gasteiger partial charge in [-0.15, -0.1) is 0 Å². The number of anilines is 1. The van der Waals surface area contributed by atoms with Crippen molar-refractivity contribution >= 4 is 27.9 Å². The molecule has 2 heteroatoms. The molecule has 0 saturated heterocycles. The van der Waals surface area contributed by atoms with Crippen molar-refractivity contribution in [2.24, 2.45) is 0 Å². The van der Waals surface area contributed by atoms with Crippen LogP contribution in [0.15, 0.2) is 96.7 Å². The Morgan fingerprint density at radius 3 is 2.31 bits per heavy atom. The van der Waals surface area contributed by atoms with Crippen LogP contribution in [0.5, 0.6) is 0 Å². The van der Waals surface area contributed by atoms with Crippen LogP contribution in [0.25, 0.3) is 10.8 Å². The average Bonchev–Trinajstić information content (AvgIpc) is 3.29. The number of hydrogen-bond acceptors (Lipinski definition) is 1. The molecule has 0 bridgehead atoms. The third kappa shape index (κ3) is 4.80. The predicted molar refractivity (Wildman–Crippen MR) is 170 cm³/mol. The van der Waals surface area contributed by atoms with E-state index in [1.54, 1.807) is 0 Å². The minimum Gasteiger partial charge on any atom is -0.344 e. The van der Waals surface area contributed by atoms with Crippen LogP contribution in [-0.2, 0) is 10.8 Å². The van der Waals surface area contributed by atoms with Crippen LogP contribution in [-0.4, -0.2) is 23.4 Å². The Labute approximate surface area is 236 Å². The van der Waals surface area contributed by atoms with Gasteiger partial charge in [0.05, 0.1) is 5.41 Å². The van der Waals surface area contributed by atoms with Crippen molar-refractivity contribution in [2.45, 2.75) is 78.1 Å². The molecule has 0 aromatic heterocycles. The maximum absolute atomic E-state index is 2.57. The third-order valence-electron chi connectivity index (χ3n) is 8.75. The van der Waals surface area contributed by atoms with Crippen LogP contribution >= 0.6 is 0 Å². The largest absolute Gasteiger partial charge is 0.344 e. The van der Waals surface area contributed by atoms with Crippen LogP contribution in [0.2, 0.25) is 0 Å². The van der Waals surface area contributed by atoms with E-state index in [9.17, 15) is 0 Å². The van der Waals surface area contributed by atoms with Gasteiger partial charge in [-0.05, 0) is 54.8 Å². The molecule has 0 unspecified atom stereocenters. The lowest BCUT2D eigenvalue weighted by atomic mass is 9.79. The van der Waals surface area contributed by atoms with Crippen molar-refractivity contribution in [2.75, 3.05) is 18.0 Å². The molecular weight excluding hydrogens is 472 g/mol. The smallest absolute Gasteiger partial charge is 0.210 e. The summed E-state index contributed by atoms with van der Waals surface area (Å²) in [7, 11) is 0. The van der Waals surface area contributed by atoms with Crippen molar-refractivity contribution in [1.82, 2.24) is 0 Å². The van der Waals surface area contributed by atoms with Gasteiger partial charge in [-0.25, -0.2) is 0 Å². The molecule has 0 saturated carbocycles. The SMILES string of the molecule is CCCCN1\C(=C/C=C/C=C/C2=[N+](CCCC)c3ccc4ccccc4c3C2(C)C)C(C)(C)c2ccccc21. The topological polar surface area (TPSA) is 6.25 Å². The van der Waals surface area contributed by atoms with Crippen LogP contribution in [0.4, 0.5) is 11.4 Å².